The van der Waals surface area contributed by atoms with Crippen molar-refractivity contribution in [3.63, 3.8) is 0 Å². The van der Waals surface area contributed by atoms with Crippen LogP contribution < -0.4 is 0 Å². The van der Waals surface area contributed by atoms with Crippen LogP contribution >= 0.6 is 0 Å². The summed E-state index contributed by atoms with van der Waals surface area (Å²) in [5.41, 5.74) is 5.12. The molecule has 98 valence electrons. The van der Waals surface area contributed by atoms with Crippen molar-refractivity contribution in [2.24, 2.45) is 0 Å². The summed E-state index contributed by atoms with van der Waals surface area (Å²) in [7, 11) is 0. The molecule has 0 aliphatic rings. The molecule has 0 spiro atoms. The lowest BCUT2D eigenvalue weighted by Gasteiger charge is -2.13. The van der Waals surface area contributed by atoms with Gasteiger partial charge < -0.3 is 0 Å². The number of aromatic nitrogens is 2. The maximum atomic E-state index is 4.75. The molecule has 0 atom stereocenters. The highest BCUT2D eigenvalue weighted by Gasteiger charge is 2.13. The zero-order chi connectivity index (χ0) is 13.4. The van der Waals surface area contributed by atoms with E-state index in [4.69, 9.17) is 5.10 Å². The normalized spacial score (nSPS) is 12.3. The smallest absolute Gasteiger partial charge is 0.0670 e. The zero-order valence-corrected chi connectivity index (χ0v) is 12.4. The first kappa shape index (κ1) is 13.1. The topological polar surface area (TPSA) is 17.3 Å². The molecule has 0 aliphatic heterocycles. The Labute approximate surface area is 110 Å². The van der Waals surface area contributed by atoms with Crippen molar-refractivity contribution in [1.29, 1.82) is 0 Å². The molecule has 0 fully saturated rings. The Kier molecular flexibility index (Phi) is 3.47. The molecule has 0 aromatic carbocycles. The number of nitrogens with zero attached hydrogens (tertiary/aromatic N) is 2. The van der Waals surface area contributed by atoms with E-state index >= 15 is 0 Å². The molecular weight excluding hydrogens is 220 g/mol. The molecule has 2 aromatic rings. The molecule has 2 nitrogen and oxygen atoms in total. The highest BCUT2D eigenvalue weighted by molar-refractivity contribution is 5.52. The molecular formula is C16H24N2. The number of pyridine rings is 1. The fourth-order valence-corrected chi connectivity index (χ4v) is 2.20. The molecule has 2 rings (SSSR count). The van der Waals surface area contributed by atoms with Crippen molar-refractivity contribution in [3.8, 4) is 0 Å². The summed E-state index contributed by atoms with van der Waals surface area (Å²) in [5.74, 6) is 1.53. The van der Waals surface area contributed by atoms with Crippen molar-refractivity contribution < 1.29 is 0 Å². The van der Waals surface area contributed by atoms with Crippen LogP contribution in [0.15, 0.2) is 18.2 Å². The van der Waals surface area contributed by atoms with Crippen LogP contribution in [0.2, 0.25) is 0 Å². The van der Waals surface area contributed by atoms with Gasteiger partial charge in [0.05, 0.1) is 11.2 Å². The molecule has 18 heavy (non-hydrogen) atoms. The Balaban J connectivity index is 2.69. The van der Waals surface area contributed by atoms with E-state index in [-0.39, 0.29) is 0 Å². The van der Waals surface area contributed by atoms with E-state index in [1.807, 2.05) is 0 Å². The predicted molar refractivity (Wildman–Crippen MR) is 77.5 cm³/mol. The summed E-state index contributed by atoms with van der Waals surface area (Å²) in [4.78, 5) is 0. The van der Waals surface area contributed by atoms with Crippen LogP contribution in [-0.2, 0) is 0 Å². The lowest BCUT2D eigenvalue weighted by Crippen LogP contribution is -2.03. The third-order valence-electron chi connectivity index (χ3n) is 3.48. The second kappa shape index (κ2) is 4.75. The van der Waals surface area contributed by atoms with Gasteiger partial charge in [-0.1, -0.05) is 41.5 Å². The van der Waals surface area contributed by atoms with E-state index in [1.54, 1.807) is 0 Å². The van der Waals surface area contributed by atoms with E-state index < -0.39 is 0 Å². The van der Waals surface area contributed by atoms with Gasteiger partial charge in [0, 0.05) is 5.69 Å². The highest BCUT2D eigenvalue weighted by Crippen LogP contribution is 2.25. The number of hydrogen-bond acceptors (Lipinski definition) is 1. The van der Waals surface area contributed by atoms with Crippen LogP contribution in [0.5, 0.6) is 0 Å². The van der Waals surface area contributed by atoms with Crippen LogP contribution in [0.25, 0.3) is 5.52 Å². The van der Waals surface area contributed by atoms with Crippen LogP contribution in [0.4, 0.5) is 0 Å². The minimum absolute atomic E-state index is 0.479. The molecule has 2 heteroatoms. The summed E-state index contributed by atoms with van der Waals surface area (Å²) >= 11 is 0. The number of fused-ring (bicyclic) bond motifs is 1. The molecule has 0 amide bonds. The highest BCUT2D eigenvalue weighted by atomic mass is 15.2. The van der Waals surface area contributed by atoms with Crippen molar-refractivity contribution in [2.75, 3.05) is 0 Å². The van der Waals surface area contributed by atoms with Gasteiger partial charge in [0.2, 0.25) is 0 Å². The van der Waals surface area contributed by atoms with Gasteiger partial charge in [-0.3, -0.25) is 0 Å². The molecule has 0 saturated carbocycles. The summed E-state index contributed by atoms with van der Waals surface area (Å²) in [6.07, 6.45) is 0. The van der Waals surface area contributed by atoms with Gasteiger partial charge in [-0.25, -0.2) is 4.52 Å². The third kappa shape index (κ3) is 2.29. The molecule has 0 unspecified atom stereocenters. The van der Waals surface area contributed by atoms with Gasteiger partial charge in [-0.15, -0.1) is 0 Å². The summed E-state index contributed by atoms with van der Waals surface area (Å²) in [5, 5.41) is 4.75. The number of rotatable bonds is 3. The fraction of sp³-hybridized carbons (Fsp3) is 0.562. The predicted octanol–water partition coefficient (Wildman–Crippen LogP) is 4.70. The molecule has 0 radical (unpaired) electrons. The third-order valence-corrected chi connectivity index (χ3v) is 3.48. The van der Waals surface area contributed by atoms with Crippen LogP contribution in [0, 0.1) is 0 Å². The van der Waals surface area contributed by atoms with Crippen LogP contribution in [0.3, 0.4) is 0 Å². The van der Waals surface area contributed by atoms with Gasteiger partial charge in [-0.05, 0) is 41.5 Å². The van der Waals surface area contributed by atoms with Gasteiger partial charge in [0.1, 0.15) is 0 Å². The summed E-state index contributed by atoms with van der Waals surface area (Å²) < 4.78 is 2.12. The van der Waals surface area contributed by atoms with E-state index in [2.05, 4.69) is 64.3 Å². The molecule has 0 N–H and O–H groups in total. The lowest BCUT2D eigenvalue weighted by molar-refractivity contribution is 0.719. The molecule has 0 bridgehead atoms. The second-order valence-electron chi connectivity index (χ2n) is 6.08. The zero-order valence-electron chi connectivity index (χ0n) is 12.4. The maximum absolute atomic E-state index is 4.75. The van der Waals surface area contributed by atoms with Crippen molar-refractivity contribution in [3.05, 3.63) is 35.2 Å². The lowest BCUT2D eigenvalue weighted by atomic mass is 9.99. The molecule has 0 saturated heterocycles. The largest absolute Gasteiger partial charge is 0.237 e. The Morgan fingerprint density at radius 3 is 2.00 bits per heavy atom. The quantitative estimate of drug-likeness (QED) is 0.764. The maximum Gasteiger partial charge on any atom is 0.0670 e. The average molecular weight is 244 g/mol. The first-order chi connectivity index (χ1) is 8.40. The van der Waals surface area contributed by atoms with Gasteiger partial charge in [-0.2, -0.15) is 5.10 Å². The first-order valence-electron chi connectivity index (χ1n) is 6.93. The average Bonchev–Trinajstić information content (AvgIpc) is 2.70. The van der Waals surface area contributed by atoms with Crippen molar-refractivity contribution in [1.82, 2.24) is 9.61 Å². The Bertz CT molecular complexity index is 547. The molecule has 2 heterocycles. The Morgan fingerprint density at radius 2 is 1.50 bits per heavy atom. The van der Waals surface area contributed by atoms with E-state index in [9.17, 15) is 0 Å². The van der Waals surface area contributed by atoms with Crippen molar-refractivity contribution >= 4 is 5.52 Å². The van der Waals surface area contributed by atoms with Crippen LogP contribution in [0.1, 0.15) is 76.2 Å². The monoisotopic (exact) mass is 244 g/mol. The Morgan fingerprint density at radius 1 is 0.833 bits per heavy atom. The van der Waals surface area contributed by atoms with Gasteiger partial charge in [0.25, 0.3) is 0 Å². The van der Waals surface area contributed by atoms with Crippen molar-refractivity contribution in [2.45, 2.75) is 59.3 Å². The minimum atomic E-state index is 0.479. The summed E-state index contributed by atoms with van der Waals surface area (Å²) in [6.45, 7) is 13.3. The van der Waals surface area contributed by atoms with E-state index in [0.29, 0.717) is 17.8 Å². The second-order valence-corrected chi connectivity index (χ2v) is 6.08. The molecule has 0 aliphatic carbocycles. The Hall–Kier alpha value is -1.31. The van der Waals surface area contributed by atoms with E-state index in [0.717, 1.165) is 0 Å². The number of hydrogen-bond donors (Lipinski definition) is 0. The first-order valence-corrected chi connectivity index (χ1v) is 6.93. The van der Waals surface area contributed by atoms with Crippen LogP contribution in [-0.4, -0.2) is 9.61 Å². The SMILES string of the molecule is CC(C)c1cc(C(C)C)n2nc(C(C)C)cc2c1. The fourth-order valence-electron chi connectivity index (χ4n) is 2.20. The standard InChI is InChI=1S/C16H24N2/c1-10(2)13-7-14-9-15(11(3)4)17-18(14)16(8-13)12(5)6/h7-12H,1-6H3. The van der Waals surface area contributed by atoms with E-state index in [1.165, 1.54) is 22.5 Å². The summed E-state index contributed by atoms with van der Waals surface area (Å²) in [6, 6.07) is 6.80. The van der Waals surface area contributed by atoms with Gasteiger partial charge >= 0.3 is 0 Å². The van der Waals surface area contributed by atoms with Gasteiger partial charge in [0.15, 0.2) is 0 Å². The molecule has 2 aromatic heterocycles. The minimum Gasteiger partial charge on any atom is -0.237 e.